The summed E-state index contributed by atoms with van der Waals surface area (Å²) in [5, 5.41) is 0.440. The molecule has 104 valence electrons. The zero-order chi connectivity index (χ0) is 14.5. The van der Waals surface area contributed by atoms with Crippen molar-refractivity contribution in [2.24, 2.45) is 0 Å². The van der Waals surface area contributed by atoms with Crippen molar-refractivity contribution < 1.29 is 4.79 Å². The number of hydrogen-bond donors (Lipinski definition) is 0. The van der Waals surface area contributed by atoms with E-state index >= 15 is 0 Å². The maximum Gasteiger partial charge on any atom is 0.257 e. The van der Waals surface area contributed by atoms with Gasteiger partial charge in [-0.2, -0.15) is 0 Å². The van der Waals surface area contributed by atoms with Crippen LogP contribution in [0, 0.1) is 6.92 Å². The minimum absolute atomic E-state index is 0.109. The molecular formula is C15H16ClN3O. The lowest BCUT2D eigenvalue weighted by atomic mass is 10.2. The molecule has 5 heteroatoms. The molecule has 0 saturated heterocycles. The van der Waals surface area contributed by atoms with Crippen LogP contribution < -0.4 is 0 Å². The Morgan fingerprint density at radius 2 is 2.05 bits per heavy atom. The first kappa shape index (κ1) is 14.5. The molecule has 0 atom stereocenters. The average molecular weight is 290 g/mol. The molecule has 0 aliphatic carbocycles. The fourth-order valence-corrected chi connectivity index (χ4v) is 2.18. The first-order valence-corrected chi connectivity index (χ1v) is 6.80. The van der Waals surface area contributed by atoms with Gasteiger partial charge in [-0.15, -0.1) is 0 Å². The second kappa shape index (κ2) is 6.48. The Bertz CT molecular complexity index is 601. The summed E-state index contributed by atoms with van der Waals surface area (Å²) in [7, 11) is 0. The van der Waals surface area contributed by atoms with E-state index in [-0.39, 0.29) is 5.91 Å². The zero-order valence-electron chi connectivity index (χ0n) is 11.5. The Morgan fingerprint density at radius 1 is 1.35 bits per heavy atom. The summed E-state index contributed by atoms with van der Waals surface area (Å²) >= 11 is 6.13. The number of nitrogens with zero attached hydrogens (tertiary/aromatic N) is 3. The molecular weight excluding hydrogens is 274 g/mol. The predicted molar refractivity (Wildman–Crippen MR) is 78.6 cm³/mol. The molecule has 4 nitrogen and oxygen atoms in total. The number of pyridine rings is 2. The van der Waals surface area contributed by atoms with E-state index in [2.05, 4.69) is 9.97 Å². The standard InChI is InChI=1S/C15H16ClN3O/c1-3-19(10-12-4-6-17-7-5-12)15(20)13-9-18-11(2)8-14(13)16/h4-9H,3,10H2,1-2H3. The number of carbonyl (C=O) groups is 1. The summed E-state index contributed by atoms with van der Waals surface area (Å²) in [6, 6.07) is 5.49. The van der Waals surface area contributed by atoms with Crippen LogP contribution in [0.25, 0.3) is 0 Å². The van der Waals surface area contributed by atoms with Crippen molar-refractivity contribution >= 4 is 17.5 Å². The molecule has 0 spiro atoms. The molecule has 20 heavy (non-hydrogen) atoms. The van der Waals surface area contributed by atoms with E-state index in [1.165, 1.54) is 6.20 Å². The molecule has 1 amide bonds. The number of aryl methyl sites for hydroxylation is 1. The van der Waals surface area contributed by atoms with Gasteiger partial charge in [0.15, 0.2) is 0 Å². The maximum atomic E-state index is 12.5. The molecule has 0 aliphatic heterocycles. The van der Waals surface area contributed by atoms with E-state index in [1.807, 2.05) is 26.0 Å². The fraction of sp³-hybridized carbons (Fsp3) is 0.267. The molecule has 2 heterocycles. The van der Waals surface area contributed by atoms with Crippen molar-refractivity contribution in [2.75, 3.05) is 6.54 Å². The number of carbonyl (C=O) groups excluding carboxylic acids is 1. The van der Waals surface area contributed by atoms with Crippen molar-refractivity contribution in [1.29, 1.82) is 0 Å². The van der Waals surface area contributed by atoms with Gasteiger partial charge in [0.25, 0.3) is 5.91 Å². The van der Waals surface area contributed by atoms with Crippen LogP contribution >= 0.6 is 11.6 Å². The van der Waals surface area contributed by atoms with Gasteiger partial charge in [-0.1, -0.05) is 11.6 Å². The maximum absolute atomic E-state index is 12.5. The highest BCUT2D eigenvalue weighted by atomic mass is 35.5. The van der Waals surface area contributed by atoms with Crippen molar-refractivity contribution in [1.82, 2.24) is 14.9 Å². The normalized spacial score (nSPS) is 10.3. The Morgan fingerprint density at radius 3 is 2.65 bits per heavy atom. The number of aromatic nitrogens is 2. The largest absolute Gasteiger partial charge is 0.335 e. The van der Waals surface area contributed by atoms with Crippen molar-refractivity contribution in [3.05, 3.63) is 58.6 Å². The van der Waals surface area contributed by atoms with Gasteiger partial charge >= 0.3 is 0 Å². The molecule has 0 radical (unpaired) electrons. The third-order valence-corrected chi connectivity index (χ3v) is 3.33. The summed E-state index contributed by atoms with van der Waals surface area (Å²) < 4.78 is 0. The van der Waals surface area contributed by atoms with Crippen LogP contribution in [0.4, 0.5) is 0 Å². The lowest BCUT2D eigenvalue weighted by molar-refractivity contribution is 0.0752. The Labute approximate surface area is 123 Å². The summed E-state index contributed by atoms with van der Waals surface area (Å²) in [5.74, 6) is -0.109. The van der Waals surface area contributed by atoms with E-state index in [1.54, 1.807) is 23.4 Å². The minimum atomic E-state index is -0.109. The van der Waals surface area contributed by atoms with E-state index in [9.17, 15) is 4.79 Å². The molecule has 0 saturated carbocycles. The van der Waals surface area contributed by atoms with Gasteiger partial charge in [0, 0.05) is 37.4 Å². The zero-order valence-corrected chi connectivity index (χ0v) is 12.3. The fourth-order valence-electron chi connectivity index (χ4n) is 1.89. The van der Waals surface area contributed by atoms with Crippen molar-refractivity contribution in [3.63, 3.8) is 0 Å². The lowest BCUT2D eigenvalue weighted by Gasteiger charge is -2.21. The minimum Gasteiger partial charge on any atom is -0.335 e. The highest BCUT2D eigenvalue weighted by Gasteiger charge is 2.18. The molecule has 2 aromatic heterocycles. The van der Waals surface area contributed by atoms with E-state index in [4.69, 9.17) is 11.6 Å². The smallest absolute Gasteiger partial charge is 0.257 e. The summed E-state index contributed by atoms with van der Waals surface area (Å²) in [6.45, 7) is 4.91. The Kier molecular flexibility index (Phi) is 4.69. The van der Waals surface area contributed by atoms with Crippen LogP contribution in [0.15, 0.2) is 36.8 Å². The van der Waals surface area contributed by atoms with Crippen LogP contribution in [-0.4, -0.2) is 27.3 Å². The lowest BCUT2D eigenvalue weighted by Crippen LogP contribution is -2.30. The second-order valence-corrected chi connectivity index (χ2v) is 4.89. The Hall–Kier alpha value is -1.94. The average Bonchev–Trinajstić information content (AvgIpc) is 2.45. The quantitative estimate of drug-likeness (QED) is 0.869. The molecule has 0 unspecified atom stereocenters. The van der Waals surface area contributed by atoms with E-state index in [0.717, 1.165) is 11.3 Å². The molecule has 0 aromatic carbocycles. The number of hydrogen-bond acceptors (Lipinski definition) is 3. The monoisotopic (exact) mass is 289 g/mol. The molecule has 0 N–H and O–H groups in total. The highest BCUT2D eigenvalue weighted by molar-refractivity contribution is 6.33. The third-order valence-electron chi connectivity index (χ3n) is 3.01. The molecule has 2 aromatic rings. The molecule has 0 aliphatic rings. The van der Waals surface area contributed by atoms with Gasteiger partial charge in [0.1, 0.15) is 0 Å². The summed E-state index contributed by atoms with van der Waals surface area (Å²) in [5.41, 5.74) is 2.27. The molecule has 0 fully saturated rings. The SMILES string of the molecule is CCN(Cc1ccncc1)C(=O)c1cnc(C)cc1Cl. The Balaban J connectivity index is 2.21. The van der Waals surface area contributed by atoms with Gasteiger partial charge in [-0.3, -0.25) is 14.8 Å². The van der Waals surface area contributed by atoms with Crippen LogP contribution in [0.2, 0.25) is 5.02 Å². The number of rotatable bonds is 4. The first-order valence-electron chi connectivity index (χ1n) is 6.42. The van der Waals surface area contributed by atoms with Crippen LogP contribution in [0.1, 0.15) is 28.5 Å². The van der Waals surface area contributed by atoms with Gasteiger partial charge in [0.05, 0.1) is 10.6 Å². The van der Waals surface area contributed by atoms with Gasteiger partial charge in [-0.25, -0.2) is 0 Å². The summed E-state index contributed by atoms with van der Waals surface area (Å²) in [4.78, 5) is 22.3. The molecule has 0 bridgehead atoms. The van der Waals surface area contributed by atoms with E-state index in [0.29, 0.717) is 23.7 Å². The third kappa shape index (κ3) is 3.33. The molecule has 2 rings (SSSR count). The summed E-state index contributed by atoms with van der Waals surface area (Å²) in [6.07, 6.45) is 4.97. The second-order valence-electron chi connectivity index (χ2n) is 4.48. The van der Waals surface area contributed by atoms with Crippen LogP contribution in [0.3, 0.4) is 0 Å². The van der Waals surface area contributed by atoms with Gasteiger partial charge < -0.3 is 4.90 Å². The van der Waals surface area contributed by atoms with E-state index < -0.39 is 0 Å². The highest BCUT2D eigenvalue weighted by Crippen LogP contribution is 2.18. The van der Waals surface area contributed by atoms with Crippen molar-refractivity contribution in [3.8, 4) is 0 Å². The predicted octanol–water partition coefficient (Wildman–Crippen LogP) is 3.10. The van der Waals surface area contributed by atoms with Crippen molar-refractivity contribution in [2.45, 2.75) is 20.4 Å². The number of halogens is 1. The van der Waals surface area contributed by atoms with Gasteiger partial charge in [0.2, 0.25) is 0 Å². The van der Waals surface area contributed by atoms with Gasteiger partial charge in [-0.05, 0) is 37.6 Å². The topological polar surface area (TPSA) is 46.1 Å². The number of amides is 1. The van der Waals surface area contributed by atoms with Crippen LogP contribution in [-0.2, 0) is 6.54 Å². The first-order chi connectivity index (χ1) is 9.61. The van der Waals surface area contributed by atoms with Crippen LogP contribution in [0.5, 0.6) is 0 Å².